The Balaban J connectivity index is 1.74. The van der Waals surface area contributed by atoms with E-state index in [1.54, 1.807) is 18.7 Å². The maximum absolute atomic E-state index is 13.4. The van der Waals surface area contributed by atoms with Gasteiger partial charge in [0.1, 0.15) is 23.4 Å². The normalized spacial score (nSPS) is 17.0. The number of nitrogens with zero attached hydrogens (tertiary/aromatic N) is 2. The van der Waals surface area contributed by atoms with Gasteiger partial charge in [-0.05, 0) is 48.7 Å². The Morgan fingerprint density at radius 1 is 1.19 bits per heavy atom. The van der Waals surface area contributed by atoms with Crippen LogP contribution in [0.5, 0.6) is 5.75 Å². The Morgan fingerprint density at radius 2 is 1.94 bits per heavy atom. The largest absolute Gasteiger partial charge is 0.497 e. The second-order valence-electron chi connectivity index (χ2n) is 8.11. The van der Waals surface area contributed by atoms with Crippen LogP contribution in [0, 0.1) is 13.8 Å². The third-order valence-corrected chi connectivity index (χ3v) is 5.95. The molecule has 2 aromatic carbocycles. The van der Waals surface area contributed by atoms with Gasteiger partial charge in [-0.15, -0.1) is 0 Å². The second kappa shape index (κ2) is 8.49. The van der Waals surface area contributed by atoms with Crippen LogP contribution in [-0.4, -0.2) is 28.7 Å². The first kappa shape index (κ1) is 21.6. The fourth-order valence-electron chi connectivity index (χ4n) is 4.34. The highest BCUT2D eigenvalue weighted by atomic mass is 16.5. The minimum Gasteiger partial charge on any atom is -0.497 e. The van der Waals surface area contributed by atoms with Crippen LogP contribution in [-0.2, 0) is 23.0 Å². The molecule has 0 amide bonds. The highest BCUT2D eigenvalue weighted by molar-refractivity contribution is 5.67. The van der Waals surface area contributed by atoms with E-state index in [0.717, 1.165) is 28.0 Å². The van der Waals surface area contributed by atoms with Crippen LogP contribution in [0.3, 0.4) is 0 Å². The molecule has 32 heavy (non-hydrogen) atoms. The van der Waals surface area contributed by atoms with Crippen LogP contribution >= 0.6 is 0 Å². The molecule has 1 heterocycles. The van der Waals surface area contributed by atoms with Gasteiger partial charge in [-0.1, -0.05) is 24.3 Å². The molecule has 0 spiro atoms. The first-order chi connectivity index (χ1) is 15.3. The van der Waals surface area contributed by atoms with Gasteiger partial charge in [0.05, 0.1) is 18.8 Å². The molecule has 1 N–H and O–H groups in total. The van der Waals surface area contributed by atoms with Gasteiger partial charge in [0.25, 0.3) is 5.56 Å². The zero-order valence-corrected chi connectivity index (χ0v) is 18.9. The standard InChI is InChI=1S/C25H27N3O4/c1-14-12-18(31-5)10-11-19(14)24-26-15(2)22(25(30)28(24)4)27-23-20-9-7-6-8-17(20)13-21(23)32-16(3)29/h6-12,21,23,27H,13H2,1-5H3/t21-,23?/m0/s1. The van der Waals surface area contributed by atoms with E-state index < -0.39 is 6.10 Å². The lowest BCUT2D eigenvalue weighted by atomic mass is 10.1. The summed E-state index contributed by atoms with van der Waals surface area (Å²) in [7, 11) is 3.34. The summed E-state index contributed by atoms with van der Waals surface area (Å²) in [5.74, 6) is 0.993. The average molecular weight is 434 g/mol. The molecule has 1 aromatic heterocycles. The first-order valence-electron chi connectivity index (χ1n) is 10.5. The van der Waals surface area contributed by atoms with Gasteiger partial charge in [0.15, 0.2) is 0 Å². The lowest BCUT2D eigenvalue weighted by molar-refractivity contribution is -0.146. The van der Waals surface area contributed by atoms with E-state index in [2.05, 4.69) is 5.32 Å². The van der Waals surface area contributed by atoms with Crippen molar-refractivity contribution in [2.75, 3.05) is 12.4 Å². The monoisotopic (exact) mass is 433 g/mol. The number of carbonyl (C=O) groups excluding carboxylic acids is 1. The number of hydrogen-bond donors (Lipinski definition) is 1. The predicted molar refractivity (Wildman–Crippen MR) is 123 cm³/mol. The third-order valence-electron chi connectivity index (χ3n) is 5.95. The van der Waals surface area contributed by atoms with Crippen molar-refractivity contribution in [3.63, 3.8) is 0 Å². The Labute approximate surface area is 187 Å². The summed E-state index contributed by atoms with van der Waals surface area (Å²) in [6, 6.07) is 13.3. The van der Waals surface area contributed by atoms with Crippen molar-refractivity contribution in [1.29, 1.82) is 0 Å². The number of methoxy groups -OCH3 is 1. The molecule has 2 atom stereocenters. The Kier molecular flexibility index (Phi) is 5.74. The van der Waals surface area contributed by atoms with Crippen molar-refractivity contribution in [2.45, 2.75) is 39.3 Å². The van der Waals surface area contributed by atoms with Crippen LogP contribution in [0.2, 0.25) is 0 Å². The van der Waals surface area contributed by atoms with E-state index in [4.69, 9.17) is 14.5 Å². The molecular formula is C25H27N3O4. The molecule has 0 fully saturated rings. The fraction of sp³-hybridized carbons (Fsp3) is 0.320. The maximum atomic E-state index is 13.4. The van der Waals surface area contributed by atoms with Crippen molar-refractivity contribution >= 4 is 11.7 Å². The van der Waals surface area contributed by atoms with Crippen LogP contribution < -0.4 is 15.6 Å². The summed E-state index contributed by atoms with van der Waals surface area (Å²) < 4.78 is 12.4. The summed E-state index contributed by atoms with van der Waals surface area (Å²) in [6.45, 7) is 5.18. The van der Waals surface area contributed by atoms with Crippen molar-refractivity contribution in [2.24, 2.45) is 7.05 Å². The Morgan fingerprint density at radius 3 is 2.62 bits per heavy atom. The van der Waals surface area contributed by atoms with Gasteiger partial charge < -0.3 is 14.8 Å². The number of ether oxygens (including phenoxy) is 2. The van der Waals surface area contributed by atoms with Crippen molar-refractivity contribution in [3.05, 3.63) is 75.2 Å². The second-order valence-corrected chi connectivity index (χ2v) is 8.11. The number of anilines is 1. The molecule has 0 bridgehead atoms. The number of rotatable bonds is 5. The molecule has 0 aliphatic heterocycles. The lowest BCUT2D eigenvalue weighted by Gasteiger charge is -2.24. The molecule has 1 aliphatic rings. The number of esters is 1. The molecule has 0 radical (unpaired) electrons. The Bertz CT molecular complexity index is 1250. The van der Waals surface area contributed by atoms with Crippen LogP contribution in [0.4, 0.5) is 5.69 Å². The van der Waals surface area contributed by atoms with Crippen LogP contribution in [0.1, 0.15) is 35.3 Å². The van der Waals surface area contributed by atoms with Crippen LogP contribution in [0.25, 0.3) is 11.4 Å². The SMILES string of the molecule is COc1ccc(-c2nc(C)c(NC3c4ccccc4C[C@@H]3OC(C)=O)c(=O)n2C)c(C)c1. The number of carbonyl (C=O) groups is 1. The zero-order valence-electron chi connectivity index (χ0n) is 18.9. The van der Waals surface area contributed by atoms with Gasteiger partial charge in [-0.3, -0.25) is 14.2 Å². The first-order valence-corrected chi connectivity index (χ1v) is 10.5. The van der Waals surface area contributed by atoms with E-state index in [-0.39, 0.29) is 17.6 Å². The molecular weight excluding hydrogens is 406 g/mol. The van der Waals surface area contributed by atoms with Crippen LogP contribution in [0.15, 0.2) is 47.3 Å². The zero-order chi connectivity index (χ0) is 23.0. The molecule has 7 heteroatoms. The average Bonchev–Trinajstić information content (AvgIpc) is 3.10. The summed E-state index contributed by atoms with van der Waals surface area (Å²) in [6.07, 6.45) is 0.209. The lowest BCUT2D eigenvalue weighted by Crippen LogP contribution is -2.31. The van der Waals surface area contributed by atoms with Crippen molar-refractivity contribution in [1.82, 2.24) is 9.55 Å². The molecule has 4 rings (SSSR count). The quantitative estimate of drug-likeness (QED) is 0.618. The smallest absolute Gasteiger partial charge is 0.302 e. The van der Waals surface area contributed by atoms with Crippen molar-refractivity contribution < 1.29 is 14.3 Å². The number of benzene rings is 2. The van der Waals surface area contributed by atoms with E-state index in [1.807, 2.05) is 56.3 Å². The third kappa shape index (κ3) is 3.86. The molecule has 0 saturated carbocycles. The molecule has 166 valence electrons. The highest BCUT2D eigenvalue weighted by Gasteiger charge is 2.35. The number of aromatic nitrogens is 2. The van der Waals surface area contributed by atoms with Gasteiger partial charge in [0, 0.05) is 26.0 Å². The van der Waals surface area contributed by atoms with Gasteiger partial charge in [-0.2, -0.15) is 0 Å². The highest BCUT2D eigenvalue weighted by Crippen LogP contribution is 2.36. The fourth-order valence-corrected chi connectivity index (χ4v) is 4.34. The number of hydrogen-bond acceptors (Lipinski definition) is 6. The van der Waals surface area contributed by atoms with E-state index in [1.165, 1.54) is 6.92 Å². The van der Waals surface area contributed by atoms with E-state index in [0.29, 0.717) is 23.6 Å². The van der Waals surface area contributed by atoms with Gasteiger partial charge in [0.2, 0.25) is 0 Å². The van der Waals surface area contributed by atoms with E-state index >= 15 is 0 Å². The maximum Gasteiger partial charge on any atom is 0.302 e. The van der Waals surface area contributed by atoms with Gasteiger partial charge in [-0.25, -0.2) is 4.98 Å². The summed E-state index contributed by atoms with van der Waals surface area (Å²) in [5.41, 5.74) is 4.76. The molecule has 3 aromatic rings. The molecule has 1 aliphatic carbocycles. The Hall–Kier alpha value is -3.61. The summed E-state index contributed by atoms with van der Waals surface area (Å²) >= 11 is 0. The number of fused-ring (bicyclic) bond motifs is 1. The minimum atomic E-state index is -0.391. The van der Waals surface area contributed by atoms with E-state index in [9.17, 15) is 9.59 Å². The topological polar surface area (TPSA) is 82.4 Å². The molecule has 1 unspecified atom stereocenters. The number of nitrogens with one attached hydrogen (secondary N) is 1. The predicted octanol–water partition coefficient (Wildman–Crippen LogP) is 3.71. The molecule has 0 saturated heterocycles. The molecule has 7 nitrogen and oxygen atoms in total. The summed E-state index contributed by atoms with van der Waals surface area (Å²) in [4.78, 5) is 29.8. The summed E-state index contributed by atoms with van der Waals surface area (Å²) in [5, 5.41) is 3.35. The minimum absolute atomic E-state index is 0.186. The number of aryl methyl sites for hydroxylation is 2. The van der Waals surface area contributed by atoms with Gasteiger partial charge >= 0.3 is 5.97 Å². The van der Waals surface area contributed by atoms with Crippen molar-refractivity contribution in [3.8, 4) is 17.1 Å².